The summed E-state index contributed by atoms with van der Waals surface area (Å²) in [6.45, 7) is 15.1. The molecule has 1 aliphatic carbocycles. The Hall–Kier alpha value is -0.650. The summed E-state index contributed by atoms with van der Waals surface area (Å²) in [5.74, 6) is 0.384. The van der Waals surface area contributed by atoms with Crippen molar-refractivity contribution in [2.45, 2.75) is 149 Å². The lowest BCUT2D eigenvalue weighted by molar-refractivity contribution is -0.143. The van der Waals surface area contributed by atoms with Crippen LogP contribution in [0.15, 0.2) is 0 Å². The van der Waals surface area contributed by atoms with Crippen LogP contribution < -0.4 is 0 Å². The average molecular weight is 471 g/mol. The maximum absolute atomic E-state index is 11.5. The number of aliphatic hydroxyl groups excluding tert-OH is 2. The molecule has 0 spiro atoms. The lowest BCUT2D eigenvalue weighted by Gasteiger charge is -2.34. The van der Waals surface area contributed by atoms with Crippen LogP contribution >= 0.6 is 0 Å². The minimum atomic E-state index is -0.341. The summed E-state index contributed by atoms with van der Waals surface area (Å²) in [4.78, 5) is 11.5. The molecule has 0 radical (unpaired) electrons. The zero-order valence-electron chi connectivity index (χ0n) is 22.7. The fourth-order valence-electron chi connectivity index (χ4n) is 5.32. The third kappa shape index (κ3) is 11.6. The van der Waals surface area contributed by atoms with Crippen LogP contribution in [0.2, 0.25) is 0 Å². The van der Waals surface area contributed by atoms with Crippen molar-refractivity contribution in [1.82, 2.24) is 0 Å². The number of hydrogen-bond donors (Lipinski definition) is 2. The van der Waals surface area contributed by atoms with E-state index in [1.54, 1.807) is 0 Å². The van der Waals surface area contributed by atoms with Crippen LogP contribution in [0.4, 0.5) is 0 Å². The number of esters is 1. The molecule has 1 saturated carbocycles. The van der Waals surface area contributed by atoms with Gasteiger partial charge in [0.15, 0.2) is 0 Å². The highest BCUT2D eigenvalue weighted by atomic mass is 16.5. The largest absolute Gasteiger partial charge is 0.466 e. The Labute approximate surface area is 204 Å². The molecule has 0 aliphatic heterocycles. The first kappa shape index (κ1) is 30.4. The molecule has 0 aromatic heterocycles. The number of aliphatic hydroxyl groups is 2. The summed E-state index contributed by atoms with van der Waals surface area (Å²) in [5, 5.41) is 21.8. The van der Waals surface area contributed by atoms with E-state index >= 15 is 0 Å². The van der Waals surface area contributed by atoms with Crippen molar-refractivity contribution < 1.29 is 24.5 Å². The molecule has 5 atom stereocenters. The van der Waals surface area contributed by atoms with Gasteiger partial charge >= 0.3 is 5.97 Å². The van der Waals surface area contributed by atoms with Crippen molar-refractivity contribution in [3.8, 4) is 0 Å². The Morgan fingerprint density at radius 2 is 1.64 bits per heavy atom. The van der Waals surface area contributed by atoms with Crippen LogP contribution in [0, 0.1) is 17.3 Å². The van der Waals surface area contributed by atoms with Gasteiger partial charge < -0.3 is 19.7 Å². The van der Waals surface area contributed by atoms with Gasteiger partial charge in [-0.2, -0.15) is 0 Å². The molecule has 0 aromatic rings. The van der Waals surface area contributed by atoms with E-state index < -0.39 is 0 Å². The fourth-order valence-corrected chi connectivity index (χ4v) is 5.32. The molecular formula is C28H54O5. The van der Waals surface area contributed by atoms with Crippen LogP contribution in [0.1, 0.15) is 126 Å². The topological polar surface area (TPSA) is 76.0 Å². The summed E-state index contributed by atoms with van der Waals surface area (Å²) < 4.78 is 11.4. The molecule has 5 nitrogen and oxygen atoms in total. The normalized spacial score (nSPS) is 24.8. The van der Waals surface area contributed by atoms with Gasteiger partial charge in [-0.05, 0) is 77.0 Å². The predicted octanol–water partition coefficient (Wildman–Crippen LogP) is 6.43. The number of hydrogen-bond acceptors (Lipinski definition) is 5. The van der Waals surface area contributed by atoms with Crippen molar-refractivity contribution in [2.75, 3.05) is 6.61 Å². The smallest absolute Gasteiger partial charge is 0.305 e. The second kappa shape index (κ2) is 14.7. The minimum Gasteiger partial charge on any atom is -0.466 e. The summed E-state index contributed by atoms with van der Waals surface area (Å²) >= 11 is 0. The van der Waals surface area contributed by atoms with Gasteiger partial charge in [-0.1, -0.05) is 52.9 Å². The molecule has 5 heteroatoms. The molecular weight excluding hydrogens is 416 g/mol. The highest BCUT2D eigenvalue weighted by Crippen LogP contribution is 2.43. The van der Waals surface area contributed by atoms with Gasteiger partial charge in [-0.15, -0.1) is 0 Å². The van der Waals surface area contributed by atoms with Gasteiger partial charge in [0.25, 0.3) is 0 Å². The first-order chi connectivity index (χ1) is 15.4. The van der Waals surface area contributed by atoms with E-state index in [9.17, 15) is 15.0 Å². The average Bonchev–Trinajstić information content (AvgIpc) is 2.99. The Bertz CT molecular complexity index is 539. The number of carbonyl (C=O) groups is 1. The lowest BCUT2D eigenvalue weighted by Crippen LogP contribution is -2.34. The van der Waals surface area contributed by atoms with Crippen molar-refractivity contribution in [1.29, 1.82) is 0 Å². The fraction of sp³-hybridized carbons (Fsp3) is 0.964. The van der Waals surface area contributed by atoms with Gasteiger partial charge in [-0.25, -0.2) is 0 Å². The highest BCUT2D eigenvalue weighted by molar-refractivity contribution is 5.69. The minimum absolute atomic E-state index is 0.0415. The predicted molar refractivity (Wildman–Crippen MR) is 135 cm³/mol. The number of ether oxygens (including phenoxy) is 2. The van der Waals surface area contributed by atoms with E-state index in [2.05, 4.69) is 41.5 Å². The van der Waals surface area contributed by atoms with Gasteiger partial charge in [-0.3, -0.25) is 4.79 Å². The molecule has 1 fully saturated rings. The Kier molecular flexibility index (Phi) is 13.5. The summed E-state index contributed by atoms with van der Waals surface area (Å²) in [6.07, 6.45) is 10.5. The van der Waals surface area contributed by atoms with E-state index in [0.717, 1.165) is 64.2 Å². The molecule has 1 unspecified atom stereocenters. The van der Waals surface area contributed by atoms with Crippen LogP contribution in [-0.2, 0) is 14.3 Å². The monoisotopic (exact) mass is 470 g/mol. The lowest BCUT2D eigenvalue weighted by atomic mass is 9.77. The van der Waals surface area contributed by atoms with E-state index in [1.165, 1.54) is 0 Å². The third-order valence-electron chi connectivity index (χ3n) is 7.32. The SMILES string of the molecule is CCCCC(C)(C)C(O)CC[C@@H]1[C@@H](CCCCCCC(=O)OCC)[C@@H](O)C[C@H]1OC(C)(C)C. The standard InChI is InChI=1S/C28H54O5/c1-8-10-19-28(6,7)25(30)18-17-22-21(23(29)20-24(22)33-27(3,4)5)15-13-11-12-14-16-26(31)32-9-2/h21-25,29-30H,8-20H2,1-7H3/t21-,22-,23+,24-,25?/m1/s1. The zero-order valence-corrected chi connectivity index (χ0v) is 22.7. The Balaban J connectivity index is 2.64. The maximum atomic E-state index is 11.5. The second-order valence-corrected chi connectivity index (χ2v) is 11.8. The van der Waals surface area contributed by atoms with Gasteiger partial charge in [0.05, 0.1) is 30.5 Å². The Morgan fingerprint density at radius 3 is 2.24 bits per heavy atom. The van der Waals surface area contributed by atoms with Crippen LogP contribution in [0.25, 0.3) is 0 Å². The molecule has 1 aliphatic rings. The second-order valence-electron chi connectivity index (χ2n) is 11.8. The molecule has 2 N–H and O–H groups in total. The molecule has 0 aromatic carbocycles. The molecule has 196 valence electrons. The molecule has 0 saturated heterocycles. The first-order valence-electron chi connectivity index (χ1n) is 13.6. The maximum Gasteiger partial charge on any atom is 0.305 e. The van der Waals surface area contributed by atoms with Gasteiger partial charge in [0.2, 0.25) is 0 Å². The van der Waals surface area contributed by atoms with Crippen molar-refractivity contribution in [3.63, 3.8) is 0 Å². The van der Waals surface area contributed by atoms with Crippen molar-refractivity contribution in [2.24, 2.45) is 17.3 Å². The van der Waals surface area contributed by atoms with Gasteiger partial charge in [0, 0.05) is 12.8 Å². The summed E-state index contributed by atoms with van der Waals surface area (Å²) in [7, 11) is 0. The van der Waals surface area contributed by atoms with E-state index in [0.29, 0.717) is 19.4 Å². The van der Waals surface area contributed by atoms with Crippen LogP contribution in [-0.4, -0.2) is 46.7 Å². The highest BCUT2D eigenvalue weighted by Gasteiger charge is 2.44. The number of carbonyl (C=O) groups excluding carboxylic acids is 1. The summed E-state index contributed by atoms with van der Waals surface area (Å²) in [5.41, 5.74) is -0.328. The summed E-state index contributed by atoms with van der Waals surface area (Å²) in [6, 6.07) is 0. The molecule has 0 heterocycles. The molecule has 0 amide bonds. The molecule has 0 bridgehead atoms. The quantitative estimate of drug-likeness (QED) is 0.201. The number of unbranched alkanes of at least 4 members (excludes halogenated alkanes) is 4. The van der Waals surface area contributed by atoms with E-state index in [1.807, 2.05) is 6.92 Å². The number of rotatable bonds is 16. The first-order valence-corrected chi connectivity index (χ1v) is 13.6. The van der Waals surface area contributed by atoms with E-state index in [-0.39, 0.29) is 47.1 Å². The van der Waals surface area contributed by atoms with Crippen molar-refractivity contribution in [3.05, 3.63) is 0 Å². The zero-order chi connectivity index (χ0) is 25.1. The molecule has 33 heavy (non-hydrogen) atoms. The van der Waals surface area contributed by atoms with Crippen LogP contribution in [0.5, 0.6) is 0 Å². The van der Waals surface area contributed by atoms with Crippen molar-refractivity contribution >= 4 is 5.97 Å². The van der Waals surface area contributed by atoms with Crippen LogP contribution in [0.3, 0.4) is 0 Å². The Morgan fingerprint density at radius 1 is 0.970 bits per heavy atom. The third-order valence-corrected chi connectivity index (χ3v) is 7.32. The van der Waals surface area contributed by atoms with Gasteiger partial charge in [0.1, 0.15) is 0 Å². The molecule has 1 rings (SSSR count). The van der Waals surface area contributed by atoms with E-state index in [4.69, 9.17) is 9.47 Å².